The van der Waals surface area contributed by atoms with Gasteiger partial charge in [-0.3, -0.25) is 23.4 Å². The van der Waals surface area contributed by atoms with Crippen molar-refractivity contribution in [2.24, 2.45) is 0 Å². The van der Waals surface area contributed by atoms with E-state index in [9.17, 15) is 28.9 Å². The lowest BCUT2D eigenvalue weighted by Crippen LogP contribution is -2.30. The molecule has 0 aromatic carbocycles. The lowest BCUT2D eigenvalue weighted by Gasteiger charge is -2.21. The van der Waals surface area contributed by atoms with Crippen LogP contribution in [0.15, 0.2) is 36.5 Å². The molecule has 0 aromatic heterocycles. The Kier molecular flexibility index (Phi) is 51.3. The van der Waals surface area contributed by atoms with Crippen LogP contribution < -0.4 is 0 Å². The first kappa shape index (κ1) is 67.7. The quantitative estimate of drug-likeness (QED) is 0.0197. The van der Waals surface area contributed by atoms with Gasteiger partial charge in [-0.25, -0.2) is 4.57 Å². The van der Waals surface area contributed by atoms with Crippen LogP contribution in [-0.4, -0.2) is 66.5 Å². The molecule has 70 heavy (non-hydrogen) atoms. The zero-order valence-electron chi connectivity index (χ0n) is 45.2. The summed E-state index contributed by atoms with van der Waals surface area (Å²) in [6, 6.07) is 0. The number of allylic oxidation sites excluding steroid dienone is 6. The molecule has 0 aliphatic heterocycles. The SMILES string of the molecule is CCCCC/C=C\C/C=C\CCCCCCCCCCCC(=O)OC(COC(=O)CCCCCCC/C=C\CCCCCC)COP(=O)(O)OCC(CO)OC(=O)CCCCCCCCCCCCC. The molecule has 0 rings (SSSR count). The third-order valence-electron chi connectivity index (χ3n) is 12.5. The molecule has 410 valence electrons. The van der Waals surface area contributed by atoms with Crippen LogP contribution in [0.3, 0.4) is 0 Å². The van der Waals surface area contributed by atoms with Crippen LogP contribution in [0.2, 0.25) is 0 Å². The summed E-state index contributed by atoms with van der Waals surface area (Å²) in [5.41, 5.74) is 0. The third kappa shape index (κ3) is 50.6. The third-order valence-corrected chi connectivity index (χ3v) is 13.5. The van der Waals surface area contributed by atoms with Crippen LogP contribution in [0.5, 0.6) is 0 Å². The van der Waals surface area contributed by atoms with Crippen LogP contribution in [0, 0.1) is 0 Å². The number of phosphoric ester groups is 1. The predicted molar refractivity (Wildman–Crippen MR) is 289 cm³/mol. The van der Waals surface area contributed by atoms with Crippen LogP contribution in [0.1, 0.15) is 278 Å². The number of rotatable bonds is 54. The maximum atomic E-state index is 12.9. The molecule has 0 saturated heterocycles. The fourth-order valence-corrected chi connectivity index (χ4v) is 8.87. The molecular weight excluding hydrogens is 904 g/mol. The van der Waals surface area contributed by atoms with E-state index in [0.29, 0.717) is 19.3 Å². The van der Waals surface area contributed by atoms with Gasteiger partial charge in [0.2, 0.25) is 0 Å². The van der Waals surface area contributed by atoms with E-state index < -0.39 is 57.8 Å². The standard InChI is InChI=1S/C58H107O11P/c1-4-7-10-13-16-19-22-24-25-26-27-28-29-31-34-37-40-43-46-49-58(62)69-55(51-65-56(60)47-44-41-38-35-33-30-23-20-17-14-11-8-5-2)53-67-70(63,64)66-52-54(50-59)68-57(61)48-45-42-39-36-32-21-18-15-12-9-6-3/h16,19-20,23-25,54-55,59H,4-15,17-18,21-22,26-53H2,1-3H3,(H,63,64)/b19-16-,23-20-,25-24-. The van der Waals surface area contributed by atoms with E-state index in [0.717, 1.165) is 89.9 Å². The zero-order chi connectivity index (χ0) is 51.3. The summed E-state index contributed by atoms with van der Waals surface area (Å²) in [7, 11) is -4.74. The summed E-state index contributed by atoms with van der Waals surface area (Å²) in [5.74, 6) is -1.46. The minimum Gasteiger partial charge on any atom is -0.462 e. The zero-order valence-corrected chi connectivity index (χ0v) is 46.1. The van der Waals surface area contributed by atoms with Gasteiger partial charge in [-0.2, -0.15) is 0 Å². The largest absolute Gasteiger partial charge is 0.472 e. The highest BCUT2D eigenvalue weighted by Crippen LogP contribution is 2.43. The van der Waals surface area contributed by atoms with Gasteiger partial charge in [-0.05, 0) is 77.0 Å². The number of phosphoric acid groups is 1. The van der Waals surface area contributed by atoms with Gasteiger partial charge in [0.1, 0.15) is 12.7 Å². The number of hydrogen-bond acceptors (Lipinski definition) is 10. The van der Waals surface area contributed by atoms with Crippen molar-refractivity contribution in [1.82, 2.24) is 0 Å². The van der Waals surface area contributed by atoms with Gasteiger partial charge in [-0.15, -0.1) is 0 Å². The highest BCUT2D eigenvalue weighted by atomic mass is 31.2. The number of esters is 3. The first-order valence-electron chi connectivity index (χ1n) is 28.9. The van der Waals surface area contributed by atoms with Crippen molar-refractivity contribution in [2.45, 2.75) is 290 Å². The second-order valence-electron chi connectivity index (χ2n) is 19.5. The number of aliphatic hydroxyl groups is 1. The molecule has 0 aliphatic carbocycles. The molecule has 0 aromatic rings. The molecule has 0 heterocycles. The second-order valence-corrected chi connectivity index (χ2v) is 20.9. The van der Waals surface area contributed by atoms with Gasteiger partial charge in [0, 0.05) is 19.3 Å². The summed E-state index contributed by atoms with van der Waals surface area (Å²) in [6.07, 6.45) is 53.9. The van der Waals surface area contributed by atoms with Crippen molar-refractivity contribution >= 4 is 25.7 Å². The molecule has 3 unspecified atom stereocenters. The fourth-order valence-electron chi connectivity index (χ4n) is 8.09. The van der Waals surface area contributed by atoms with Gasteiger partial charge in [0.25, 0.3) is 0 Å². The number of hydrogen-bond donors (Lipinski definition) is 2. The Morgan fingerprint density at radius 2 is 0.700 bits per heavy atom. The van der Waals surface area contributed by atoms with Crippen molar-refractivity contribution in [2.75, 3.05) is 26.4 Å². The summed E-state index contributed by atoms with van der Waals surface area (Å²) in [4.78, 5) is 48.4. The van der Waals surface area contributed by atoms with Crippen LogP contribution in [0.25, 0.3) is 0 Å². The van der Waals surface area contributed by atoms with Crippen molar-refractivity contribution in [3.8, 4) is 0 Å². The highest BCUT2D eigenvalue weighted by Gasteiger charge is 2.28. The summed E-state index contributed by atoms with van der Waals surface area (Å²) >= 11 is 0. The molecule has 0 spiro atoms. The predicted octanol–water partition coefficient (Wildman–Crippen LogP) is 16.8. The molecule has 3 atom stereocenters. The first-order valence-corrected chi connectivity index (χ1v) is 30.4. The van der Waals surface area contributed by atoms with Crippen molar-refractivity contribution in [3.63, 3.8) is 0 Å². The lowest BCUT2D eigenvalue weighted by atomic mass is 10.1. The van der Waals surface area contributed by atoms with Gasteiger partial charge < -0.3 is 24.2 Å². The Hall–Kier alpha value is -2.30. The van der Waals surface area contributed by atoms with Gasteiger partial charge >= 0.3 is 25.7 Å². The Bertz CT molecular complexity index is 1320. The van der Waals surface area contributed by atoms with E-state index >= 15 is 0 Å². The van der Waals surface area contributed by atoms with Crippen molar-refractivity contribution in [3.05, 3.63) is 36.5 Å². The van der Waals surface area contributed by atoms with Crippen LogP contribution in [0.4, 0.5) is 0 Å². The summed E-state index contributed by atoms with van der Waals surface area (Å²) < 4.78 is 39.5. The average molecular weight is 1010 g/mol. The molecule has 0 amide bonds. The number of carbonyl (C=O) groups is 3. The van der Waals surface area contributed by atoms with E-state index in [1.807, 2.05) is 0 Å². The Balaban J connectivity index is 4.70. The van der Waals surface area contributed by atoms with Gasteiger partial charge in [0.15, 0.2) is 6.10 Å². The van der Waals surface area contributed by atoms with E-state index in [-0.39, 0.29) is 25.9 Å². The number of aliphatic hydroxyl groups excluding tert-OH is 1. The monoisotopic (exact) mass is 1010 g/mol. The minimum absolute atomic E-state index is 0.164. The summed E-state index contributed by atoms with van der Waals surface area (Å²) in [5, 5.41) is 9.79. The molecule has 0 fully saturated rings. The highest BCUT2D eigenvalue weighted by molar-refractivity contribution is 7.47. The normalized spacial score (nSPS) is 13.6. The average Bonchev–Trinajstić information content (AvgIpc) is 3.35. The molecule has 2 N–H and O–H groups in total. The maximum Gasteiger partial charge on any atom is 0.472 e. The Morgan fingerprint density at radius 1 is 0.400 bits per heavy atom. The lowest BCUT2D eigenvalue weighted by molar-refractivity contribution is -0.161. The molecule has 0 bridgehead atoms. The number of unbranched alkanes of at least 4 members (excludes halogenated alkanes) is 31. The second kappa shape index (κ2) is 53.0. The first-order chi connectivity index (χ1) is 34.2. The summed E-state index contributed by atoms with van der Waals surface area (Å²) in [6.45, 7) is 4.61. The van der Waals surface area contributed by atoms with Crippen LogP contribution in [-0.2, 0) is 42.2 Å². The molecular formula is C58H107O11P. The van der Waals surface area contributed by atoms with E-state index in [1.165, 1.54) is 128 Å². The van der Waals surface area contributed by atoms with Gasteiger partial charge in [0.05, 0.1) is 19.8 Å². The van der Waals surface area contributed by atoms with Crippen molar-refractivity contribution in [1.29, 1.82) is 0 Å². The van der Waals surface area contributed by atoms with Gasteiger partial charge in [-0.1, -0.05) is 218 Å². The molecule has 11 nitrogen and oxygen atoms in total. The number of carbonyl (C=O) groups excluding carboxylic acids is 3. The maximum absolute atomic E-state index is 12.9. The molecule has 0 saturated carbocycles. The molecule has 0 radical (unpaired) electrons. The van der Waals surface area contributed by atoms with Crippen molar-refractivity contribution < 1.29 is 52.2 Å². The smallest absolute Gasteiger partial charge is 0.462 e. The topological polar surface area (TPSA) is 155 Å². The van der Waals surface area contributed by atoms with E-state index in [4.69, 9.17) is 23.3 Å². The Morgan fingerprint density at radius 3 is 1.11 bits per heavy atom. The van der Waals surface area contributed by atoms with E-state index in [1.54, 1.807) is 0 Å². The Labute approximate surface area is 429 Å². The molecule has 0 aliphatic rings. The number of ether oxygens (including phenoxy) is 3. The van der Waals surface area contributed by atoms with E-state index in [2.05, 4.69) is 57.2 Å². The fraction of sp³-hybridized carbons (Fsp3) is 0.845. The molecule has 12 heteroatoms. The van der Waals surface area contributed by atoms with Crippen LogP contribution >= 0.6 is 7.82 Å². The minimum atomic E-state index is -4.74.